The lowest BCUT2D eigenvalue weighted by Crippen LogP contribution is -2.55. The summed E-state index contributed by atoms with van der Waals surface area (Å²) in [4.78, 5) is 39.7. The highest BCUT2D eigenvalue weighted by Crippen LogP contribution is 2.37. The molecule has 2 N–H and O–H groups in total. The van der Waals surface area contributed by atoms with Crippen LogP contribution in [0.2, 0.25) is 0 Å². The van der Waals surface area contributed by atoms with Crippen molar-refractivity contribution in [2.45, 2.75) is 50.3 Å². The maximum absolute atomic E-state index is 13.4. The first-order chi connectivity index (χ1) is 18.5. The van der Waals surface area contributed by atoms with Gasteiger partial charge in [0.15, 0.2) is 0 Å². The SMILES string of the molecule is COc1ccc(CC(NC(=O)C2(NC(=O)C3Cc4ccccc4C3)CC2)C(=O)OCc2ccccc2)cc1. The summed E-state index contributed by atoms with van der Waals surface area (Å²) >= 11 is 0. The number of hydrogen-bond acceptors (Lipinski definition) is 5. The second-order valence-corrected chi connectivity index (χ2v) is 10.1. The minimum absolute atomic E-state index is 0.110. The molecule has 0 bridgehead atoms. The molecular weight excluding hydrogens is 480 g/mol. The average Bonchev–Trinajstić information content (AvgIpc) is 3.60. The molecule has 1 unspecified atom stereocenters. The zero-order chi connectivity index (χ0) is 26.5. The number of carbonyl (C=O) groups excluding carboxylic acids is 3. The van der Waals surface area contributed by atoms with E-state index in [1.165, 1.54) is 11.1 Å². The molecule has 2 aliphatic carbocycles. The van der Waals surface area contributed by atoms with Crippen LogP contribution in [-0.4, -0.2) is 36.5 Å². The van der Waals surface area contributed by atoms with Crippen molar-refractivity contribution in [3.05, 3.63) is 101 Å². The van der Waals surface area contributed by atoms with E-state index in [1.807, 2.05) is 78.9 Å². The van der Waals surface area contributed by atoms with Crippen molar-refractivity contribution in [1.29, 1.82) is 0 Å². The van der Waals surface area contributed by atoms with E-state index in [4.69, 9.17) is 9.47 Å². The smallest absolute Gasteiger partial charge is 0.329 e. The molecule has 0 spiro atoms. The summed E-state index contributed by atoms with van der Waals surface area (Å²) in [6.07, 6.45) is 2.68. The molecule has 38 heavy (non-hydrogen) atoms. The number of benzene rings is 3. The third-order valence-corrected chi connectivity index (χ3v) is 7.38. The number of hydrogen-bond donors (Lipinski definition) is 2. The molecule has 0 heterocycles. The van der Waals surface area contributed by atoms with Gasteiger partial charge in [-0.2, -0.15) is 0 Å². The van der Waals surface area contributed by atoms with Crippen LogP contribution in [0, 0.1) is 5.92 Å². The van der Waals surface area contributed by atoms with Crippen LogP contribution in [0.3, 0.4) is 0 Å². The van der Waals surface area contributed by atoms with E-state index < -0.39 is 17.6 Å². The Morgan fingerprint density at radius 2 is 1.50 bits per heavy atom. The van der Waals surface area contributed by atoms with Gasteiger partial charge in [-0.1, -0.05) is 66.7 Å². The number of rotatable bonds is 10. The van der Waals surface area contributed by atoms with Crippen LogP contribution in [0.4, 0.5) is 0 Å². The summed E-state index contributed by atoms with van der Waals surface area (Å²) in [5.74, 6) is -0.478. The Balaban J connectivity index is 1.25. The van der Waals surface area contributed by atoms with Gasteiger partial charge in [-0.15, -0.1) is 0 Å². The second kappa shape index (κ2) is 11.1. The van der Waals surface area contributed by atoms with Crippen LogP contribution in [0.5, 0.6) is 5.75 Å². The predicted molar refractivity (Wildman–Crippen MR) is 142 cm³/mol. The molecule has 1 saturated carbocycles. The van der Waals surface area contributed by atoms with Crippen molar-refractivity contribution in [1.82, 2.24) is 10.6 Å². The standard InChI is InChI=1S/C31H32N2O5/c1-37-26-13-11-21(12-14-26)17-27(29(35)38-20-22-7-3-2-4-8-22)32-30(36)31(15-16-31)33-28(34)25-18-23-9-5-6-10-24(23)19-25/h2-14,25,27H,15-20H2,1H3,(H,32,36)(H,33,34). The lowest BCUT2D eigenvalue weighted by Gasteiger charge is -2.23. The van der Waals surface area contributed by atoms with Crippen LogP contribution in [0.1, 0.15) is 35.1 Å². The Bertz CT molecular complexity index is 1280. The van der Waals surface area contributed by atoms with Crippen LogP contribution in [0.15, 0.2) is 78.9 Å². The molecule has 0 aromatic heterocycles. The number of fused-ring (bicyclic) bond motifs is 1. The van der Waals surface area contributed by atoms with Crippen LogP contribution >= 0.6 is 0 Å². The van der Waals surface area contributed by atoms with E-state index in [9.17, 15) is 14.4 Å². The van der Waals surface area contributed by atoms with Gasteiger partial charge in [0.05, 0.1) is 7.11 Å². The third kappa shape index (κ3) is 5.88. The molecule has 1 atom stereocenters. The highest BCUT2D eigenvalue weighted by atomic mass is 16.5. The van der Waals surface area contributed by atoms with Crippen LogP contribution in [-0.2, 0) is 45.0 Å². The predicted octanol–water partition coefficient (Wildman–Crippen LogP) is 3.53. The molecular formula is C31H32N2O5. The second-order valence-electron chi connectivity index (χ2n) is 10.1. The molecule has 1 fully saturated rings. The molecule has 0 radical (unpaired) electrons. The molecule has 0 saturated heterocycles. The molecule has 7 heteroatoms. The van der Waals surface area contributed by atoms with Gasteiger partial charge in [-0.3, -0.25) is 9.59 Å². The quantitative estimate of drug-likeness (QED) is 0.406. The first-order valence-corrected chi connectivity index (χ1v) is 13.0. The highest BCUT2D eigenvalue weighted by molar-refractivity contribution is 5.97. The molecule has 0 aliphatic heterocycles. The van der Waals surface area contributed by atoms with E-state index in [0.717, 1.165) is 11.1 Å². The normalized spacial score (nSPS) is 16.1. The first-order valence-electron chi connectivity index (χ1n) is 13.0. The monoisotopic (exact) mass is 512 g/mol. The van der Waals surface area contributed by atoms with E-state index >= 15 is 0 Å². The molecule has 5 rings (SSSR count). The molecule has 3 aromatic carbocycles. The van der Waals surface area contributed by atoms with Crippen molar-refractivity contribution < 1.29 is 23.9 Å². The zero-order valence-corrected chi connectivity index (χ0v) is 21.4. The number of ether oxygens (including phenoxy) is 2. The van der Waals surface area contributed by atoms with Gasteiger partial charge in [-0.25, -0.2) is 4.79 Å². The van der Waals surface area contributed by atoms with Crippen molar-refractivity contribution in [2.24, 2.45) is 5.92 Å². The number of nitrogens with one attached hydrogen (secondary N) is 2. The minimum Gasteiger partial charge on any atom is -0.497 e. The average molecular weight is 513 g/mol. The molecule has 7 nitrogen and oxygen atoms in total. The molecule has 196 valence electrons. The van der Waals surface area contributed by atoms with Crippen LogP contribution < -0.4 is 15.4 Å². The van der Waals surface area contributed by atoms with Gasteiger partial charge in [0.2, 0.25) is 11.8 Å². The fourth-order valence-corrected chi connectivity index (χ4v) is 4.93. The largest absolute Gasteiger partial charge is 0.497 e. The number of amides is 2. The minimum atomic E-state index is -0.982. The fraction of sp³-hybridized carbons (Fsp3) is 0.323. The lowest BCUT2D eigenvalue weighted by molar-refractivity contribution is -0.149. The summed E-state index contributed by atoms with van der Waals surface area (Å²) in [5.41, 5.74) is 3.10. The summed E-state index contributed by atoms with van der Waals surface area (Å²) in [6.45, 7) is 0.110. The summed E-state index contributed by atoms with van der Waals surface area (Å²) in [5, 5.41) is 5.89. The Kier molecular flexibility index (Phi) is 7.45. The van der Waals surface area contributed by atoms with Gasteiger partial charge in [0.1, 0.15) is 23.9 Å². The number of carbonyl (C=O) groups is 3. The van der Waals surface area contributed by atoms with E-state index in [1.54, 1.807) is 7.11 Å². The maximum Gasteiger partial charge on any atom is 0.329 e. The Morgan fingerprint density at radius 1 is 0.868 bits per heavy atom. The van der Waals surface area contributed by atoms with Crippen molar-refractivity contribution in [2.75, 3.05) is 7.11 Å². The topological polar surface area (TPSA) is 93.7 Å². The van der Waals surface area contributed by atoms with Crippen molar-refractivity contribution in [3.8, 4) is 5.75 Å². The van der Waals surface area contributed by atoms with Gasteiger partial charge in [-0.05, 0) is 60.1 Å². The van der Waals surface area contributed by atoms with E-state index in [-0.39, 0.29) is 30.8 Å². The number of methoxy groups -OCH3 is 1. The number of esters is 1. The maximum atomic E-state index is 13.4. The summed E-state index contributed by atoms with van der Waals surface area (Å²) < 4.78 is 10.8. The van der Waals surface area contributed by atoms with E-state index in [2.05, 4.69) is 10.6 Å². The Labute approximate surface area is 222 Å². The third-order valence-electron chi connectivity index (χ3n) is 7.38. The van der Waals surface area contributed by atoms with Gasteiger partial charge in [0, 0.05) is 12.3 Å². The first kappa shape index (κ1) is 25.5. The Hall–Kier alpha value is -4.13. The van der Waals surface area contributed by atoms with Gasteiger partial charge in [0.25, 0.3) is 0 Å². The summed E-state index contributed by atoms with van der Waals surface area (Å²) in [7, 11) is 1.59. The van der Waals surface area contributed by atoms with E-state index in [0.29, 0.717) is 31.4 Å². The molecule has 2 aliphatic rings. The van der Waals surface area contributed by atoms with Crippen molar-refractivity contribution >= 4 is 17.8 Å². The van der Waals surface area contributed by atoms with Crippen LogP contribution in [0.25, 0.3) is 0 Å². The highest BCUT2D eigenvalue weighted by Gasteiger charge is 2.52. The van der Waals surface area contributed by atoms with Gasteiger partial charge >= 0.3 is 5.97 Å². The zero-order valence-electron chi connectivity index (χ0n) is 21.4. The summed E-state index contributed by atoms with van der Waals surface area (Å²) in [6, 6.07) is 23.9. The van der Waals surface area contributed by atoms with Crippen molar-refractivity contribution in [3.63, 3.8) is 0 Å². The lowest BCUT2D eigenvalue weighted by atomic mass is 10.0. The molecule has 2 amide bonds. The Morgan fingerprint density at radius 3 is 2.11 bits per heavy atom. The van der Waals surface area contributed by atoms with Gasteiger partial charge < -0.3 is 20.1 Å². The molecule has 3 aromatic rings. The fourth-order valence-electron chi connectivity index (χ4n) is 4.93.